The standard InChI is InChI=1S/C12H19NOS/c1-9-10(2)14-12(13-9)15-8-11-6-4-3-5-7-11/h11H,3-8H2,1-2H3. The first-order chi connectivity index (χ1) is 7.25. The highest BCUT2D eigenvalue weighted by molar-refractivity contribution is 7.99. The summed E-state index contributed by atoms with van der Waals surface area (Å²) >= 11 is 1.78. The molecule has 0 amide bonds. The molecule has 1 aliphatic rings. The molecule has 0 aliphatic heterocycles. The van der Waals surface area contributed by atoms with Crippen LogP contribution in [-0.4, -0.2) is 10.7 Å². The number of thioether (sulfide) groups is 1. The van der Waals surface area contributed by atoms with Crippen molar-refractivity contribution < 1.29 is 4.42 Å². The minimum Gasteiger partial charge on any atom is -0.437 e. The van der Waals surface area contributed by atoms with Crippen LogP contribution < -0.4 is 0 Å². The summed E-state index contributed by atoms with van der Waals surface area (Å²) in [5.74, 6) is 3.02. The summed E-state index contributed by atoms with van der Waals surface area (Å²) < 4.78 is 5.56. The van der Waals surface area contributed by atoms with E-state index in [0.29, 0.717) is 0 Å². The average molecular weight is 225 g/mol. The number of oxazole rings is 1. The minimum atomic E-state index is 0.857. The lowest BCUT2D eigenvalue weighted by Gasteiger charge is -2.19. The fourth-order valence-electron chi connectivity index (χ4n) is 2.05. The van der Waals surface area contributed by atoms with Gasteiger partial charge in [0.2, 0.25) is 0 Å². The van der Waals surface area contributed by atoms with Crippen LogP contribution >= 0.6 is 11.8 Å². The molecule has 0 atom stereocenters. The smallest absolute Gasteiger partial charge is 0.256 e. The summed E-state index contributed by atoms with van der Waals surface area (Å²) in [5, 5.41) is 0.857. The van der Waals surface area contributed by atoms with Gasteiger partial charge in [-0.15, -0.1) is 0 Å². The highest BCUT2D eigenvalue weighted by atomic mass is 32.2. The molecule has 0 unspecified atom stereocenters. The van der Waals surface area contributed by atoms with Gasteiger partial charge in [-0.3, -0.25) is 0 Å². The van der Waals surface area contributed by atoms with Crippen molar-refractivity contribution in [2.45, 2.75) is 51.2 Å². The highest BCUT2D eigenvalue weighted by Gasteiger charge is 2.15. The van der Waals surface area contributed by atoms with Crippen LogP contribution in [-0.2, 0) is 0 Å². The van der Waals surface area contributed by atoms with Gasteiger partial charge in [-0.2, -0.15) is 0 Å². The van der Waals surface area contributed by atoms with Gasteiger partial charge in [-0.05, 0) is 32.6 Å². The van der Waals surface area contributed by atoms with E-state index in [1.807, 2.05) is 13.8 Å². The lowest BCUT2D eigenvalue weighted by molar-refractivity contribution is 0.387. The van der Waals surface area contributed by atoms with Gasteiger partial charge in [0.05, 0.1) is 5.69 Å². The zero-order chi connectivity index (χ0) is 10.7. The molecule has 1 fully saturated rings. The normalized spacial score (nSPS) is 18.3. The van der Waals surface area contributed by atoms with Crippen LogP contribution in [0.5, 0.6) is 0 Å². The first kappa shape index (κ1) is 11.1. The molecule has 84 valence electrons. The van der Waals surface area contributed by atoms with Crippen molar-refractivity contribution in [1.29, 1.82) is 0 Å². The van der Waals surface area contributed by atoms with Crippen LogP contribution in [0.25, 0.3) is 0 Å². The number of rotatable bonds is 3. The van der Waals surface area contributed by atoms with Gasteiger partial charge in [-0.1, -0.05) is 31.0 Å². The Bertz CT molecular complexity index is 296. The van der Waals surface area contributed by atoms with Crippen LogP contribution in [0.3, 0.4) is 0 Å². The minimum absolute atomic E-state index is 0.857. The second-order valence-corrected chi connectivity index (χ2v) is 5.41. The van der Waals surface area contributed by atoms with Gasteiger partial charge >= 0.3 is 0 Å². The number of aryl methyl sites for hydroxylation is 2. The Balaban J connectivity index is 1.81. The van der Waals surface area contributed by atoms with Crippen molar-refractivity contribution in [3.05, 3.63) is 11.5 Å². The van der Waals surface area contributed by atoms with Crippen molar-refractivity contribution in [1.82, 2.24) is 4.98 Å². The van der Waals surface area contributed by atoms with Crippen molar-refractivity contribution in [2.75, 3.05) is 5.75 Å². The predicted octanol–water partition coefficient (Wildman–Crippen LogP) is 3.96. The third kappa shape index (κ3) is 3.00. The van der Waals surface area contributed by atoms with E-state index in [2.05, 4.69) is 4.98 Å². The second-order valence-electron chi connectivity index (χ2n) is 4.44. The molecule has 2 rings (SSSR count). The third-order valence-corrected chi connectivity index (χ3v) is 4.24. The van der Waals surface area contributed by atoms with Crippen molar-refractivity contribution >= 4 is 11.8 Å². The van der Waals surface area contributed by atoms with Crippen LogP contribution in [0.4, 0.5) is 0 Å². The molecule has 0 spiro atoms. The molecule has 3 heteroatoms. The topological polar surface area (TPSA) is 26.0 Å². The molecular formula is C12H19NOS. The zero-order valence-electron chi connectivity index (χ0n) is 9.58. The van der Waals surface area contributed by atoms with Gasteiger partial charge in [0, 0.05) is 5.75 Å². The zero-order valence-corrected chi connectivity index (χ0v) is 10.4. The summed E-state index contributed by atoms with van der Waals surface area (Å²) in [6.45, 7) is 3.98. The van der Waals surface area contributed by atoms with Gasteiger partial charge in [0.15, 0.2) is 0 Å². The molecule has 1 aromatic heterocycles. The Hall–Kier alpha value is -0.440. The average Bonchev–Trinajstić information content (AvgIpc) is 2.57. The first-order valence-corrected chi connectivity index (χ1v) is 6.81. The molecule has 0 saturated heterocycles. The van der Waals surface area contributed by atoms with Gasteiger partial charge < -0.3 is 4.42 Å². The van der Waals surface area contributed by atoms with Gasteiger partial charge in [0.25, 0.3) is 5.22 Å². The fraction of sp³-hybridized carbons (Fsp3) is 0.750. The predicted molar refractivity (Wildman–Crippen MR) is 63.3 cm³/mol. The fourth-order valence-corrected chi connectivity index (χ4v) is 3.14. The maximum atomic E-state index is 5.56. The molecule has 0 N–H and O–H groups in total. The number of aromatic nitrogens is 1. The van der Waals surface area contributed by atoms with E-state index < -0.39 is 0 Å². The van der Waals surface area contributed by atoms with E-state index in [4.69, 9.17) is 4.42 Å². The quantitative estimate of drug-likeness (QED) is 0.728. The van der Waals surface area contributed by atoms with E-state index in [0.717, 1.165) is 22.6 Å². The maximum Gasteiger partial charge on any atom is 0.256 e. The lowest BCUT2D eigenvalue weighted by Crippen LogP contribution is -2.08. The Morgan fingerprint density at radius 1 is 1.27 bits per heavy atom. The molecular weight excluding hydrogens is 206 g/mol. The summed E-state index contributed by atoms with van der Waals surface area (Å²) in [4.78, 5) is 4.39. The van der Waals surface area contributed by atoms with E-state index in [1.165, 1.54) is 37.9 Å². The third-order valence-electron chi connectivity index (χ3n) is 3.18. The molecule has 1 aliphatic carbocycles. The van der Waals surface area contributed by atoms with Crippen molar-refractivity contribution in [2.24, 2.45) is 5.92 Å². The Morgan fingerprint density at radius 3 is 2.60 bits per heavy atom. The molecule has 15 heavy (non-hydrogen) atoms. The Kier molecular flexibility index (Phi) is 3.73. The monoisotopic (exact) mass is 225 g/mol. The Labute approximate surface area is 95.8 Å². The van der Waals surface area contributed by atoms with Crippen LogP contribution in [0.15, 0.2) is 9.64 Å². The lowest BCUT2D eigenvalue weighted by atomic mass is 9.91. The maximum absolute atomic E-state index is 5.56. The van der Waals surface area contributed by atoms with Crippen molar-refractivity contribution in [3.63, 3.8) is 0 Å². The van der Waals surface area contributed by atoms with E-state index >= 15 is 0 Å². The van der Waals surface area contributed by atoms with Gasteiger partial charge in [0.1, 0.15) is 5.76 Å². The molecule has 1 heterocycles. The summed E-state index contributed by atoms with van der Waals surface area (Å²) in [5.41, 5.74) is 1.03. The second kappa shape index (κ2) is 5.06. The summed E-state index contributed by atoms with van der Waals surface area (Å²) in [6.07, 6.45) is 7.04. The molecule has 1 aromatic rings. The van der Waals surface area contributed by atoms with Crippen LogP contribution in [0.1, 0.15) is 43.6 Å². The highest BCUT2D eigenvalue weighted by Crippen LogP contribution is 2.30. The van der Waals surface area contributed by atoms with E-state index in [-0.39, 0.29) is 0 Å². The van der Waals surface area contributed by atoms with Crippen LogP contribution in [0, 0.1) is 19.8 Å². The number of hydrogen-bond acceptors (Lipinski definition) is 3. The molecule has 1 saturated carbocycles. The SMILES string of the molecule is Cc1nc(SCC2CCCCC2)oc1C. The molecule has 2 nitrogen and oxygen atoms in total. The van der Waals surface area contributed by atoms with E-state index in [1.54, 1.807) is 11.8 Å². The molecule has 0 bridgehead atoms. The van der Waals surface area contributed by atoms with Gasteiger partial charge in [-0.25, -0.2) is 4.98 Å². The Morgan fingerprint density at radius 2 is 2.00 bits per heavy atom. The van der Waals surface area contributed by atoms with Crippen molar-refractivity contribution in [3.8, 4) is 0 Å². The summed E-state index contributed by atoms with van der Waals surface area (Å²) in [7, 11) is 0. The number of hydrogen-bond donors (Lipinski definition) is 0. The van der Waals surface area contributed by atoms with E-state index in [9.17, 15) is 0 Å². The number of nitrogens with zero attached hydrogens (tertiary/aromatic N) is 1. The largest absolute Gasteiger partial charge is 0.437 e. The summed E-state index contributed by atoms with van der Waals surface area (Å²) in [6, 6.07) is 0. The molecule has 0 radical (unpaired) electrons. The molecule has 0 aromatic carbocycles. The first-order valence-electron chi connectivity index (χ1n) is 5.82. The van der Waals surface area contributed by atoms with Crippen LogP contribution in [0.2, 0.25) is 0 Å².